The Morgan fingerprint density at radius 3 is 1.01 bits per heavy atom. The third-order valence-corrected chi connectivity index (χ3v) is 25.1. The average molecular weight is 1580 g/mol. The SMILES string of the molecule is CC(C)C(=O)OC(=O)C(C)C.CC(C)C(=O)OC[C@H]1O[C@@H](n2ccc(=O)[nH]c2=O)[C@@]2(CCS2)[C@@H]1OC(=O)C(C)C.CC(C)C(=O)OC[C@H]1O[C@@H](n2ccc(N)nc2=O)[C@@]2(CCS2)[C@@H]1OC(=O)C(C)C.Nc1ccn([C@@H]2O[C@H](CO)[C@@H](O)[C@]23CCS3)c(=O)n1.O=c1ccn([C@@H]2O[C@H](CO)[C@@H](O)[C@]23CCS3)c(=O)[nH]1. The number of thioether (sulfide) groups is 4. The number of nitrogens with one attached hydrogen (secondary N) is 2. The summed E-state index contributed by atoms with van der Waals surface area (Å²) in [6.45, 7) is 19.9. The van der Waals surface area contributed by atoms with E-state index in [1.54, 1.807) is 118 Å². The normalized spacial score (nSPS) is 29.9. The Balaban J connectivity index is 0.000000174. The molecule has 4 spiro atoms. The predicted molar refractivity (Wildman–Crippen MR) is 391 cm³/mol. The number of carbonyl (C=O) groups is 6. The zero-order valence-corrected chi connectivity index (χ0v) is 64.6. The van der Waals surface area contributed by atoms with Crippen LogP contribution in [0.3, 0.4) is 0 Å². The van der Waals surface area contributed by atoms with Crippen molar-refractivity contribution in [2.24, 2.45) is 35.5 Å². The Kier molecular flexibility index (Phi) is 28.8. The minimum Gasteiger partial charge on any atom is -0.463 e. The van der Waals surface area contributed by atoms with Gasteiger partial charge in [-0.25, -0.2) is 19.2 Å². The highest BCUT2D eigenvalue weighted by Gasteiger charge is 2.66. The van der Waals surface area contributed by atoms with Crippen molar-refractivity contribution in [3.8, 4) is 0 Å². The van der Waals surface area contributed by atoms with Crippen molar-refractivity contribution < 1.29 is 91.8 Å². The van der Waals surface area contributed by atoms with Crippen molar-refractivity contribution in [1.82, 2.24) is 38.2 Å². The molecule has 8 aliphatic rings. The maximum atomic E-state index is 12.4. The fourth-order valence-electron chi connectivity index (χ4n) is 12.3. The van der Waals surface area contributed by atoms with E-state index >= 15 is 0 Å². The topological polar surface area (TPSA) is 498 Å². The number of nitrogens with two attached hydrogens (primary N) is 2. The predicted octanol–water partition coefficient (Wildman–Crippen LogP) is 1.43. The van der Waals surface area contributed by atoms with Gasteiger partial charge >= 0.3 is 58.6 Å². The van der Waals surface area contributed by atoms with Crippen LogP contribution in [0.15, 0.2) is 77.8 Å². The van der Waals surface area contributed by atoms with Crippen molar-refractivity contribution in [2.45, 2.75) is 201 Å². The van der Waals surface area contributed by atoms with Crippen molar-refractivity contribution in [3.63, 3.8) is 0 Å². The van der Waals surface area contributed by atoms with Crippen LogP contribution < -0.4 is 45.3 Å². The van der Waals surface area contributed by atoms with Crippen LogP contribution in [0.25, 0.3) is 0 Å². The molecule has 0 radical (unpaired) electrons. The van der Waals surface area contributed by atoms with Crippen LogP contribution in [0.4, 0.5) is 11.6 Å². The maximum absolute atomic E-state index is 12.4. The lowest BCUT2D eigenvalue weighted by atomic mass is 9.93. The second-order valence-electron chi connectivity index (χ2n) is 28.3. The van der Waals surface area contributed by atoms with Crippen molar-refractivity contribution in [2.75, 3.05) is 60.9 Å². The van der Waals surface area contributed by atoms with Gasteiger partial charge in [0.15, 0.2) is 37.1 Å². The van der Waals surface area contributed by atoms with Crippen LogP contribution in [0.1, 0.15) is 134 Å². The molecular weight excluding hydrogens is 1490 g/mol. The first kappa shape index (κ1) is 85.4. The van der Waals surface area contributed by atoms with E-state index in [1.165, 1.54) is 79.1 Å². The summed E-state index contributed by atoms with van der Waals surface area (Å²) in [7, 11) is 0. The number of hydrogen-bond donors (Lipinski definition) is 8. The Morgan fingerprint density at radius 2 is 0.738 bits per heavy atom. The minimum absolute atomic E-state index is 0.0665. The molecule has 12 heterocycles. The molecule has 0 saturated carbocycles. The van der Waals surface area contributed by atoms with Crippen molar-refractivity contribution in [1.29, 1.82) is 0 Å². The van der Waals surface area contributed by atoms with Gasteiger partial charge < -0.3 is 74.5 Å². The summed E-state index contributed by atoms with van der Waals surface area (Å²) in [6.07, 6.45) is -0.0353. The lowest BCUT2D eigenvalue weighted by Gasteiger charge is -2.44. The fourth-order valence-corrected chi connectivity index (χ4v) is 17.7. The number of anilines is 2. The van der Waals surface area contributed by atoms with E-state index in [2.05, 4.69) is 24.7 Å². The van der Waals surface area contributed by atoms with Gasteiger partial charge in [0.05, 0.1) is 58.2 Å². The van der Waals surface area contributed by atoms with Gasteiger partial charge in [0.1, 0.15) is 71.0 Å². The van der Waals surface area contributed by atoms with E-state index in [-0.39, 0.29) is 97.4 Å². The molecule has 8 fully saturated rings. The van der Waals surface area contributed by atoms with Crippen LogP contribution in [0.2, 0.25) is 0 Å². The van der Waals surface area contributed by atoms with Gasteiger partial charge in [-0.2, -0.15) is 9.97 Å². The highest BCUT2D eigenvalue weighted by Crippen LogP contribution is 2.60. The smallest absolute Gasteiger partial charge is 0.351 e. The molecular formula is C68H96N10O25S4. The molecule has 12 rings (SSSR count). The number of H-pyrrole nitrogens is 2. The highest BCUT2D eigenvalue weighted by molar-refractivity contribution is 8.02. The standard InChI is InChI=1S/C19H27N3O6S.C19H26N2O7S.C11H15N3O4S.C11H14N2O5S.C8H14O3/c1-10(2)15(23)26-9-12-14(28-16(24)11(3)4)19(6-8-29-19)17(27-12)22-7-5-13(20)21-18(22)25;1-10(2)15(23)26-9-12-14(28-16(24)11(3)4)19(6-8-29-19)17(27-12)21-7-5-13(22)20-18(21)25;12-7-1-3-14(10(17)13-7)9-11(2-4-19-11)8(16)6(5-15)18-9;14-5-6-8(16)11(2-4-19-11)9(18-6)13-3-1-7(15)12-10(13)17;1-5(2)7(9)11-8(10)6(3)4/h5,7,10-12,14,17H,6,8-9H2,1-4H3,(H2,20,21,25);5,7,10-12,14,17H,6,8-9H2,1-4H3,(H,20,22,25);1,3,6,8-9,15-16H,2,4-5H2,(H2,12,13,17);1,3,6,8-9,14,16H,2,4-5H2,(H,12,15,17);5-6H,1-4H3/t2*12-,14-,17-,19-;2*6-,8-,9-,11-;/m1111./s1. The van der Waals surface area contributed by atoms with E-state index in [9.17, 15) is 78.0 Å². The molecule has 10 N–H and O–H groups in total. The number of rotatable bonds is 18. The zero-order chi connectivity index (χ0) is 78.9. The average Bonchev–Trinajstić information content (AvgIpc) is 1.61. The van der Waals surface area contributed by atoms with E-state index in [0.717, 1.165) is 29.4 Å². The molecule has 0 bridgehead atoms. The molecule has 592 valence electrons. The van der Waals surface area contributed by atoms with Crippen LogP contribution >= 0.6 is 47.0 Å². The first-order valence-electron chi connectivity index (χ1n) is 35.0. The Morgan fingerprint density at radius 1 is 0.458 bits per heavy atom. The Bertz CT molecular complexity index is 4160. The largest absolute Gasteiger partial charge is 0.463 e. The van der Waals surface area contributed by atoms with Gasteiger partial charge in [0.25, 0.3) is 11.1 Å². The summed E-state index contributed by atoms with van der Waals surface area (Å²) in [4.78, 5) is 153. The lowest BCUT2D eigenvalue weighted by molar-refractivity contribution is -0.165. The van der Waals surface area contributed by atoms with E-state index < -0.39 is 139 Å². The molecule has 8 aliphatic heterocycles. The van der Waals surface area contributed by atoms with E-state index in [4.69, 9.17) is 49.4 Å². The third-order valence-electron chi connectivity index (χ3n) is 18.8. The minimum atomic E-state index is -0.833. The van der Waals surface area contributed by atoms with Gasteiger partial charge in [-0.15, -0.1) is 47.0 Å². The molecule has 16 atom stereocenters. The number of esters is 6. The van der Waals surface area contributed by atoms with Crippen LogP contribution in [-0.2, 0) is 71.4 Å². The van der Waals surface area contributed by atoms with Gasteiger partial charge in [-0.1, -0.05) is 83.1 Å². The molecule has 4 aromatic rings. The van der Waals surface area contributed by atoms with Gasteiger partial charge in [0.2, 0.25) is 0 Å². The highest BCUT2D eigenvalue weighted by atomic mass is 32.2. The number of nitrogen functional groups attached to an aromatic ring is 2. The van der Waals surface area contributed by atoms with E-state index in [1.807, 2.05) is 0 Å². The fraction of sp³-hybridized carbons (Fsp3) is 0.676. The molecule has 0 aromatic carbocycles. The van der Waals surface area contributed by atoms with Gasteiger partial charge in [-0.3, -0.25) is 66.6 Å². The quantitative estimate of drug-likeness (QED) is 0.0397. The Labute approximate surface area is 630 Å². The Hall–Kier alpha value is -7.18. The van der Waals surface area contributed by atoms with Crippen LogP contribution in [0.5, 0.6) is 0 Å². The summed E-state index contributed by atoms with van der Waals surface area (Å²) < 4.78 is 53.1. The molecule has 39 heteroatoms. The summed E-state index contributed by atoms with van der Waals surface area (Å²) in [5, 5.41) is 39.0. The number of nitrogens with zero attached hydrogens (tertiary/aromatic N) is 6. The number of carbonyl (C=O) groups excluding carboxylic acids is 6. The van der Waals surface area contributed by atoms with Gasteiger partial charge in [0, 0.05) is 36.9 Å². The number of ether oxygens (including phenoxy) is 9. The van der Waals surface area contributed by atoms with E-state index in [0.29, 0.717) is 19.3 Å². The van der Waals surface area contributed by atoms with Crippen LogP contribution in [0, 0.1) is 35.5 Å². The summed E-state index contributed by atoms with van der Waals surface area (Å²) in [5.41, 5.74) is 7.84. The molecule has 4 aromatic heterocycles. The third kappa shape index (κ3) is 18.7. The maximum Gasteiger partial charge on any atom is 0.351 e. The lowest BCUT2D eigenvalue weighted by Crippen LogP contribution is -2.54. The number of aliphatic hydroxyl groups excluding tert-OH is 4. The first-order chi connectivity index (χ1) is 50.4. The summed E-state index contributed by atoms with van der Waals surface area (Å²) in [5.74, 6) is -0.485. The number of aromatic amines is 2. The molecule has 35 nitrogen and oxygen atoms in total. The van der Waals surface area contributed by atoms with Crippen molar-refractivity contribution >= 4 is 94.5 Å². The second kappa shape index (κ2) is 36.1. The monoisotopic (exact) mass is 1580 g/mol. The number of hydrogen-bond acceptors (Lipinski definition) is 33. The molecule has 0 unspecified atom stereocenters. The number of aromatic nitrogens is 8. The molecule has 8 saturated heterocycles. The molecule has 0 aliphatic carbocycles. The molecule has 107 heavy (non-hydrogen) atoms. The summed E-state index contributed by atoms with van der Waals surface area (Å²) in [6, 6.07) is 5.51. The second-order valence-corrected chi connectivity index (χ2v) is 34.2. The van der Waals surface area contributed by atoms with Gasteiger partial charge in [-0.05, 0) is 60.8 Å². The zero-order valence-electron chi connectivity index (χ0n) is 61.3. The molecule has 0 amide bonds. The number of aliphatic hydroxyl groups is 4. The van der Waals surface area contributed by atoms with Crippen LogP contribution in [-0.4, -0.2) is 212 Å². The first-order valence-corrected chi connectivity index (χ1v) is 38.9. The summed E-state index contributed by atoms with van der Waals surface area (Å²) >= 11 is 6.19. The van der Waals surface area contributed by atoms with Crippen molar-refractivity contribution in [3.05, 3.63) is 112 Å².